The van der Waals surface area contributed by atoms with Crippen molar-refractivity contribution >= 4 is 39.5 Å². The zero-order chi connectivity index (χ0) is 66.8. The third-order valence-corrected chi connectivity index (χ3v) is 18.1. The lowest BCUT2D eigenvalue weighted by Crippen LogP contribution is -2.30. The molecule has 0 saturated heterocycles. The first-order valence-corrected chi connectivity index (χ1v) is 40.1. The van der Waals surface area contributed by atoms with Crippen LogP contribution in [0.3, 0.4) is 0 Å². The number of phosphoric ester groups is 2. The van der Waals surface area contributed by atoms with Gasteiger partial charge in [0.1, 0.15) is 19.3 Å². The molecule has 5 atom stereocenters. The smallest absolute Gasteiger partial charge is 0.462 e. The lowest BCUT2D eigenvalue weighted by atomic mass is 10.0. The number of ether oxygens (including phenoxy) is 4. The van der Waals surface area contributed by atoms with Crippen molar-refractivity contribution in [3.63, 3.8) is 0 Å². The Morgan fingerprint density at radius 1 is 0.308 bits per heavy atom. The monoisotopic (exact) mass is 1330 g/mol. The maximum absolute atomic E-state index is 13.0. The van der Waals surface area contributed by atoms with Crippen LogP contribution in [0.5, 0.6) is 0 Å². The van der Waals surface area contributed by atoms with E-state index in [1.165, 1.54) is 161 Å². The van der Waals surface area contributed by atoms with Gasteiger partial charge in [-0.1, -0.05) is 302 Å². The fraction of sp³-hybridized carbons (Fsp3) is 0.889. The van der Waals surface area contributed by atoms with Crippen molar-refractivity contribution in [1.29, 1.82) is 0 Å². The van der Waals surface area contributed by atoms with Crippen molar-refractivity contribution < 1.29 is 80.2 Å². The van der Waals surface area contributed by atoms with E-state index in [9.17, 15) is 43.2 Å². The largest absolute Gasteiger partial charge is 0.472 e. The van der Waals surface area contributed by atoms with Gasteiger partial charge in [-0.25, -0.2) is 9.13 Å². The van der Waals surface area contributed by atoms with Gasteiger partial charge in [-0.2, -0.15) is 0 Å². The fourth-order valence-electron chi connectivity index (χ4n) is 10.5. The molecule has 0 saturated carbocycles. The molecule has 19 heteroatoms. The average Bonchev–Trinajstić information content (AvgIpc) is 3.33. The molecule has 0 amide bonds. The van der Waals surface area contributed by atoms with Crippen LogP contribution in [-0.4, -0.2) is 96.7 Å². The summed E-state index contributed by atoms with van der Waals surface area (Å²) in [6.07, 6.45) is 57.7. The van der Waals surface area contributed by atoms with Crippen molar-refractivity contribution in [2.75, 3.05) is 39.6 Å². The molecule has 0 aliphatic carbocycles. The molecule has 2 unspecified atom stereocenters. The van der Waals surface area contributed by atoms with Crippen molar-refractivity contribution in [3.8, 4) is 0 Å². The minimum absolute atomic E-state index is 0.102. The van der Waals surface area contributed by atoms with Gasteiger partial charge in [0.2, 0.25) is 0 Å². The van der Waals surface area contributed by atoms with Gasteiger partial charge in [-0.05, 0) is 51.4 Å². The summed E-state index contributed by atoms with van der Waals surface area (Å²) >= 11 is 0. The summed E-state index contributed by atoms with van der Waals surface area (Å²) < 4.78 is 68.2. The van der Waals surface area contributed by atoms with Crippen LogP contribution in [0.1, 0.15) is 355 Å². The zero-order valence-electron chi connectivity index (χ0n) is 58.3. The van der Waals surface area contributed by atoms with Crippen LogP contribution in [0, 0.1) is 0 Å². The first-order chi connectivity index (χ1) is 44.2. The molecule has 536 valence electrons. The Morgan fingerprint density at radius 3 is 0.802 bits per heavy atom. The number of aliphatic hydroxyl groups excluding tert-OH is 1. The summed E-state index contributed by atoms with van der Waals surface area (Å²) in [6.45, 7) is 4.86. The number of unbranched alkanes of at least 4 members (excludes halogenated alkanes) is 42. The maximum atomic E-state index is 13.0. The number of allylic oxidation sites excluding steroid dienone is 4. The van der Waals surface area contributed by atoms with Crippen LogP contribution in [0.15, 0.2) is 24.3 Å². The summed E-state index contributed by atoms with van der Waals surface area (Å²) in [5.41, 5.74) is 0. The number of carbonyl (C=O) groups is 4. The predicted molar refractivity (Wildman–Crippen MR) is 368 cm³/mol. The number of phosphoric acid groups is 2. The van der Waals surface area contributed by atoms with Crippen LogP contribution in [-0.2, 0) is 65.4 Å². The van der Waals surface area contributed by atoms with Gasteiger partial charge in [0.05, 0.1) is 26.4 Å². The van der Waals surface area contributed by atoms with Gasteiger partial charge < -0.3 is 33.8 Å². The molecule has 0 aromatic carbocycles. The molecule has 0 aliphatic rings. The molecule has 0 fully saturated rings. The van der Waals surface area contributed by atoms with Gasteiger partial charge in [0, 0.05) is 25.7 Å². The molecule has 17 nitrogen and oxygen atoms in total. The fourth-order valence-corrected chi connectivity index (χ4v) is 12.1. The summed E-state index contributed by atoms with van der Waals surface area (Å²) in [5, 5.41) is 10.6. The molecule has 0 aromatic rings. The number of esters is 4. The van der Waals surface area contributed by atoms with Gasteiger partial charge >= 0.3 is 39.5 Å². The Balaban J connectivity index is 5.23. The van der Waals surface area contributed by atoms with Crippen molar-refractivity contribution in [1.82, 2.24) is 0 Å². The van der Waals surface area contributed by atoms with Crippen molar-refractivity contribution in [2.24, 2.45) is 0 Å². The Kier molecular flexibility index (Phi) is 64.4. The molecule has 0 radical (unpaired) electrons. The SMILES string of the molecule is CCCCCC/C=C\C=C/CCCCCCCC(=O)OC[C@H](COP(=O)(O)OC[C@@H](O)COP(=O)(O)OC[C@@H](COC(=O)CCCCCCCCCC)OC(=O)CCCCCCCCCCCC)OC(=O)CCCCCCCCCCCCCCCCCCCC. The molecule has 91 heavy (non-hydrogen) atoms. The van der Waals surface area contributed by atoms with E-state index in [-0.39, 0.29) is 25.7 Å². The van der Waals surface area contributed by atoms with Gasteiger partial charge in [-0.3, -0.25) is 37.3 Å². The Bertz CT molecular complexity index is 1830. The topological polar surface area (TPSA) is 237 Å². The zero-order valence-corrected chi connectivity index (χ0v) is 60.1. The maximum Gasteiger partial charge on any atom is 0.472 e. The Hall–Kier alpha value is -2.46. The van der Waals surface area contributed by atoms with Crippen LogP contribution in [0.4, 0.5) is 0 Å². The van der Waals surface area contributed by atoms with E-state index in [1.807, 2.05) is 0 Å². The quantitative estimate of drug-likeness (QED) is 0.0169. The van der Waals surface area contributed by atoms with E-state index in [0.29, 0.717) is 25.7 Å². The number of hydrogen-bond donors (Lipinski definition) is 3. The first kappa shape index (κ1) is 88.5. The highest BCUT2D eigenvalue weighted by Gasteiger charge is 2.30. The Labute approximate surface area is 554 Å². The molecule has 0 spiro atoms. The highest BCUT2D eigenvalue weighted by molar-refractivity contribution is 7.47. The lowest BCUT2D eigenvalue weighted by Gasteiger charge is -2.21. The summed E-state index contributed by atoms with van der Waals surface area (Å²) in [7, 11) is -9.91. The van der Waals surface area contributed by atoms with Crippen molar-refractivity contribution in [3.05, 3.63) is 24.3 Å². The van der Waals surface area contributed by atoms with E-state index in [2.05, 4.69) is 52.0 Å². The summed E-state index contributed by atoms with van der Waals surface area (Å²) in [5.74, 6) is -2.15. The Morgan fingerprint density at radius 2 is 0.527 bits per heavy atom. The number of aliphatic hydroxyl groups is 1. The third kappa shape index (κ3) is 66.0. The van der Waals surface area contributed by atoms with E-state index < -0.39 is 97.5 Å². The van der Waals surface area contributed by atoms with E-state index >= 15 is 0 Å². The second kappa shape index (κ2) is 66.2. The van der Waals surface area contributed by atoms with Gasteiger partial charge in [0.15, 0.2) is 12.2 Å². The molecule has 0 heterocycles. The van der Waals surface area contributed by atoms with Crippen LogP contribution in [0.2, 0.25) is 0 Å². The number of rotatable bonds is 71. The molecule has 0 bridgehead atoms. The molecule has 0 aromatic heterocycles. The molecule has 0 aliphatic heterocycles. The van der Waals surface area contributed by atoms with Gasteiger partial charge in [-0.15, -0.1) is 0 Å². The van der Waals surface area contributed by atoms with Crippen LogP contribution >= 0.6 is 15.6 Å². The normalized spacial score (nSPS) is 14.1. The minimum Gasteiger partial charge on any atom is -0.462 e. The molecular weight excluding hydrogens is 1200 g/mol. The van der Waals surface area contributed by atoms with Crippen molar-refractivity contribution in [2.45, 2.75) is 373 Å². The van der Waals surface area contributed by atoms with E-state index in [4.69, 9.17) is 37.0 Å². The van der Waals surface area contributed by atoms with E-state index in [0.717, 1.165) is 116 Å². The second-order valence-corrected chi connectivity index (χ2v) is 28.2. The molecular formula is C72H136O17P2. The molecule has 0 rings (SSSR count). The minimum atomic E-state index is -4.96. The third-order valence-electron chi connectivity index (χ3n) is 16.2. The highest BCUT2D eigenvalue weighted by Crippen LogP contribution is 2.45. The number of hydrogen-bond acceptors (Lipinski definition) is 15. The first-order valence-electron chi connectivity index (χ1n) is 37.1. The summed E-state index contributed by atoms with van der Waals surface area (Å²) in [6, 6.07) is 0. The highest BCUT2D eigenvalue weighted by atomic mass is 31.2. The summed E-state index contributed by atoms with van der Waals surface area (Å²) in [4.78, 5) is 72.5. The second-order valence-electron chi connectivity index (χ2n) is 25.3. The van der Waals surface area contributed by atoms with E-state index in [1.54, 1.807) is 0 Å². The van der Waals surface area contributed by atoms with Crippen LogP contribution < -0.4 is 0 Å². The molecule has 3 N–H and O–H groups in total. The predicted octanol–water partition coefficient (Wildman–Crippen LogP) is 20.6. The lowest BCUT2D eigenvalue weighted by molar-refractivity contribution is -0.161. The van der Waals surface area contributed by atoms with Crippen LogP contribution in [0.25, 0.3) is 0 Å². The number of carbonyl (C=O) groups excluding carboxylic acids is 4. The van der Waals surface area contributed by atoms with Gasteiger partial charge in [0.25, 0.3) is 0 Å². The standard InChI is InChI=1S/C72H136O17P2/c1-5-9-13-17-21-25-28-30-32-33-34-36-38-40-43-47-51-55-59-72(77)89-68(63-83-70(75)57-53-49-45-42-39-37-35-31-29-26-22-18-14-10-6-2)65-87-91(80,81)85-61-66(73)60-84-90(78,79)86-64-67(62-82-69(74)56-52-48-44-24-20-16-12-8-4)88-71(76)58-54-50-46-41-27-23-19-15-11-7-3/h26,29,31,35,66-68,73H,5-25,27-28,30,32-34,36-65H2,1-4H3,(H,78,79)(H,80,81)/b29-26-,35-31-/t66-,67+,68+/m0/s1. The average molecular weight is 1340 g/mol.